The van der Waals surface area contributed by atoms with Gasteiger partial charge in [-0.05, 0) is 23.6 Å². The molecule has 10 heteroatoms. The molecule has 1 fully saturated rings. The molecule has 1 saturated heterocycles. The molecule has 31 heavy (non-hydrogen) atoms. The second-order valence-corrected chi connectivity index (χ2v) is 9.40. The molecule has 1 aliphatic heterocycles. The number of nitrogens with one attached hydrogen (secondary N) is 1. The van der Waals surface area contributed by atoms with Crippen LogP contribution in [0.25, 0.3) is 5.69 Å². The van der Waals surface area contributed by atoms with Gasteiger partial charge in [0.25, 0.3) is 0 Å². The number of ether oxygens (including phenoxy) is 1. The number of morpholine rings is 1. The van der Waals surface area contributed by atoms with Gasteiger partial charge >= 0.3 is 0 Å². The van der Waals surface area contributed by atoms with Crippen LogP contribution in [0.15, 0.2) is 41.1 Å². The average Bonchev–Trinajstić information content (AvgIpc) is 3.42. The molecule has 0 radical (unpaired) electrons. The minimum atomic E-state index is -0.109. The molecule has 1 aromatic carbocycles. The molecule has 0 saturated carbocycles. The maximum atomic E-state index is 12.4. The van der Waals surface area contributed by atoms with E-state index in [1.54, 1.807) is 6.33 Å². The molecule has 2 aromatic heterocycles. The molecule has 0 aliphatic carbocycles. The third-order valence-electron chi connectivity index (χ3n) is 4.97. The lowest BCUT2D eigenvalue weighted by atomic mass is 10.0. The van der Waals surface area contributed by atoms with Crippen LogP contribution in [0.3, 0.4) is 0 Å². The normalized spacial score (nSPS) is 14.8. The van der Waals surface area contributed by atoms with Crippen molar-refractivity contribution in [2.75, 3.05) is 37.4 Å². The minimum Gasteiger partial charge on any atom is -0.379 e. The van der Waals surface area contributed by atoms with E-state index in [0.29, 0.717) is 16.2 Å². The maximum Gasteiger partial charge on any atom is 0.236 e. The minimum absolute atomic E-state index is 0.109. The molecule has 0 bridgehead atoms. The smallest absolute Gasteiger partial charge is 0.236 e. The Morgan fingerprint density at radius 3 is 2.77 bits per heavy atom. The van der Waals surface area contributed by atoms with Crippen LogP contribution in [0.1, 0.15) is 31.0 Å². The fourth-order valence-corrected chi connectivity index (χ4v) is 4.68. The van der Waals surface area contributed by atoms with Crippen molar-refractivity contribution >= 4 is 34.1 Å². The molecule has 1 amide bonds. The van der Waals surface area contributed by atoms with Crippen molar-refractivity contribution in [3.63, 3.8) is 0 Å². The van der Waals surface area contributed by atoms with Crippen molar-refractivity contribution in [2.24, 2.45) is 0 Å². The molecule has 1 aliphatic rings. The molecule has 3 aromatic rings. The Hall–Kier alpha value is -2.27. The Morgan fingerprint density at radius 1 is 1.26 bits per heavy atom. The van der Waals surface area contributed by atoms with E-state index >= 15 is 0 Å². The third-order valence-corrected chi connectivity index (χ3v) is 6.72. The zero-order valence-corrected chi connectivity index (χ0v) is 19.3. The van der Waals surface area contributed by atoms with Gasteiger partial charge in [0.05, 0.1) is 24.7 Å². The van der Waals surface area contributed by atoms with Crippen molar-refractivity contribution in [2.45, 2.75) is 31.5 Å². The predicted octanol–water partition coefficient (Wildman–Crippen LogP) is 3.41. The van der Waals surface area contributed by atoms with Gasteiger partial charge in [-0.25, -0.2) is 4.98 Å². The van der Waals surface area contributed by atoms with E-state index in [0.717, 1.165) is 44.2 Å². The zero-order valence-electron chi connectivity index (χ0n) is 17.7. The lowest BCUT2D eigenvalue weighted by Gasteiger charge is -2.25. The van der Waals surface area contributed by atoms with Gasteiger partial charge in [-0.1, -0.05) is 37.7 Å². The summed E-state index contributed by atoms with van der Waals surface area (Å²) in [7, 11) is 0. The second kappa shape index (κ2) is 10.4. The molecule has 0 unspecified atom stereocenters. The Labute approximate surface area is 190 Å². The number of carbonyl (C=O) groups excluding carboxylic acids is 1. The highest BCUT2D eigenvalue weighted by molar-refractivity contribution is 7.99. The van der Waals surface area contributed by atoms with Crippen LogP contribution < -0.4 is 5.32 Å². The number of thiazole rings is 1. The summed E-state index contributed by atoms with van der Waals surface area (Å²) in [5, 5.41) is 14.4. The molecule has 8 nitrogen and oxygen atoms in total. The van der Waals surface area contributed by atoms with Gasteiger partial charge in [0.2, 0.25) is 5.91 Å². The predicted molar refractivity (Wildman–Crippen MR) is 123 cm³/mol. The Kier molecular flexibility index (Phi) is 7.33. The van der Waals surface area contributed by atoms with Gasteiger partial charge in [-0.15, -0.1) is 21.5 Å². The summed E-state index contributed by atoms with van der Waals surface area (Å²) in [5.74, 6) is 0.607. The summed E-state index contributed by atoms with van der Waals surface area (Å²) in [5.41, 5.74) is 3.23. The van der Waals surface area contributed by atoms with E-state index in [-0.39, 0.29) is 11.7 Å². The van der Waals surface area contributed by atoms with E-state index in [9.17, 15) is 4.79 Å². The number of hydrogen-bond donors (Lipinski definition) is 1. The van der Waals surface area contributed by atoms with E-state index in [1.807, 2.05) is 22.1 Å². The van der Waals surface area contributed by atoms with E-state index < -0.39 is 0 Å². The summed E-state index contributed by atoms with van der Waals surface area (Å²) in [6.45, 7) is 8.47. The van der Waals surface area contributed by atoms with Crippen LogP contribution in [0.4, 0.5) is 5.13 Å². The summed E-state index contributed by atoms with van der Waals surface area (Å²) >= 11 is 2.80. The highest BCUT2D eigenvalue weighted by atomic mass is 32.2. The van der Waals surface area contributed by atoms with Crippen LogP contribution in [-0.2, 0) is 16.1 Å². The Bertz CT molecular complexity index is 995. The molecule has 1 N–H and O–H groups in total. The number of anilines is 1. The summed E-state index contributed by atoms with van der Waals surface area (Å²) < 4.78 is 7.27. The number of nitrogens with zero attached hydrogens (tertiary/aromatic N) is 5. The molecule has 3 heterocycles. The molecular formula is C21H26N6O2S2. The van der Waals surface area contributed by atoms with E-state index in [4.69, 9.17) is 4.74 Å². The lowest BCUT2D eigenvalue weighted by molar-refractivity contribution is -0.113. The first kappa shape index (κ1) is 21.9. The van der Waals surface area contributed by atoms with E-state index in [2.05, 4.69) is 51.4 Å². The third kappa shape index (κ3) is 5.91. The molecule has 164 valence electrons. The number of benzene rings is 1. The number of aromatic nitrogens is 4. The first-order chi connectivity index (χ1) is 15.1. The van der Waals surface area contributed by atoms with Gasteiger partial charge in [0.1, 0.15) is 6.33 Å². The van der Waals surface area contributed by atoms with Crippen LogP contribution in [0, 0.1) is 0 Å². The Morgan fingerprint density at radius 2 is 2.03 bits per heavy atom. The quantitative estimate of drug-likeness (QED) is 0.518. The number of thioether (sulfide) groups is 1. The largest absolute Gasteiger partial charge is 0.379 e. The van der Waals surface area contributed by atoms with Crippen molar-refractivity contribution in [3.05, 3.63) is 47.2 Å². The SMILES string of the molecule is CC(C)c1ccc(-n2cnnc2SCC(=O)Nc2nc(CN3CCOCC3)cs2)cc1. The standard InChI is InChI=1S/C21H26N6O2S2/c1-15(2)16-3-5-18(6-4-16)27-14-22-25-21(27)31-13-19(28)24-20-23-17(12-30-20)11-26-7-9-29-10-8-26/h3-6,12,14-15H,7-11,13H2,1-2H3,(H,23,24,28). The number of amides is 1. The van der Waals surface area contributed by atoms with Crippen molar-refractivity contribution in [1.82, 2.24) is 24.6 Å². The lowest BCUT2D eigenvalue weighted by Crippen LogP contribution is -2.35. The first-order valence-electron chi connectivity index (χ1n) is 10.3. The van der Waals surface area contributed by atoms with Crippen LogP contribution in [0.2, 0.25) is 0 Å². The van der Waals surface area contributed by atoms with Crippen LogP contribution in [0.5, 0.6) is 0 Å². The molecule has 0 atom stereocenters. The monoisotopic (exact) mass is 458 g/mol. The van der Waals surface area contributed by atoms with Crippen LogP contribution >= 0.6 is 23.1 Å². The van der Waals surface area contributed by atoms with Gasteiger partial charge in [-0.3, -0.25) is 14.3 Å². The van der Waals surface area contributed by atoms with Gasteiger partial charge in [0, 0.05) is 30.7 Å². The van der Waals surface area contributed by atoms with Gasteiger partial charge < -0.3 is 10.1 Å². The number of hydrogen-bond acceptors (Lipinski definition) is 8. The number of rotatable bonds is 8. The summed E-state index contributed by atoms with van der Waals surface area (Å²) in [6, 6.07) is 8.32. The molecule has 4 rings (SSSR count). The molecule has 0 spiro atoms. The Balaban J connectivity index is 1.30. The van der Waals surface area contributed by atoms with Gasteiger partial charge in [0.15, 0.2) is 10.3 Å². The van der Waals surface area contributed by atoms with E-state index in [1.165, 1.54) is 28.7 Å². The van der Waals surface area contributed by atoms with Gasteiger partial charge in [-0.2, -0.15) is 0 Å². The first-order valence-corrected chi connectivity index (χ1v) is 12.1. The fraction of sp³-hybridized carbons (Fsp3) is 0.429. The van der Waals surface area contributed by atoms with Crippen molar-refractivity contribution in [3.8, 4) is 5.69 Å². The highest BCUT2D eigenvalue weighted by Gasteiger charge is 2.15. The average molecular weight is 459 g/mol. The van der Waals surface area contributed by atoms with Crippen molar-refractivity contribution < 1.29 is 9.53 Å². The topological polar surface area (TPSA) is 85.2 Å². The zero-order chi connectivity index (χ0) is 21.6. The summed E-state index contributed by atoms with van der Waals surface area (Å²) in [4.78, 5) is 19.3. The van der Waals surface area contributed by atoms with Crippen molar-refractivity contribution in [1.29, 1.82) is 0 Å². The maximum absolute atomic E-state index is 12.4. The number of carbonyl (C=O) groups is 1. The highest BCUT2D eigenvalue weighted by Crippen LogP contribution is 2.23. The van der Waals surface area contributed by atoms with Crippen LogP contribution in [-0.4, -0.2) is 62.6 Å². The fourth-order valence-electron chi connectivity index (χ4n) is 3.23. The molecular weight excluding hydrogens is 432 g/mol. The summed E-state index contributed by atoms with van der Waals surface area (Å²) in [6.07, 6.45) is 1.67. The second-order valence-electron chi connectivity index (χ2n) is 7.60.